The molecule has 0 amide bonds. The van der Waals surface area contributed by atoms with Gasteiger partial charge in [-0.3, -0.25) is 4.79 Å². The molecule has 1 saturated heterocycles. The van der Waals surface area contributed by atoms with Gasteiger partial charge in [0.15, 0.2) is 0 Å². The van der Waals surface area contributed by atoms with Crippen molar-refractivity contribution in [2.45, 2.75) is 44.8 Å². The number of carbonyl (C=O) groups is 1. The number of nitrogens with zero attached hydrogens (tertiary/aromatic N) is 2. The van der Waals surface area contributed by atoms with Crippen molar-refractivity contribution >= 4 is 17.0 Å². The topological polar surface area (TPSA) is 73.2 Å². The standard InChI is InChI=1S/C19H21N3O3/c1-3-25-19(24)17-18(23)22(16-7-5-4-6-14(16)21-17)13-9-12-8-11(2)15(10-13)20-12/h4-8,12-13,15,20H,3,9-10H2,1-2H3/t12-,13-,15+/m1/s1. The van der Waals surface area contributed by atoms with E-state index in [1.807, 2.05) is 24.3 Å². The molecule has 6 heteroatoms. The molecule has 0 radical (unpaired) electrons. The maximum atomic E-state index is 13.1. The lowest BCUT2D eigenvalue weighted by molar-refractivity contribution is 0.0516. The third-order valence-corrected chi connectivity index (χ3v) is 5.09. The van der Waals surface area contributed by atoms with Crippen LogP contribution >= 0.6 is 0 Å². The summed E-state index contributed by atoms with van der Waals surface area (Å²) in [6.45, 7) is 4.06. The first-order chi connectivity index (χ1) is 12.1. The molecule has 4 rings (SSSR count). The predicted octanol–water partition coefficient (Wildman–Crippen LogP) is 2.19. The lowest BCUT2D eigenvalue weighted by atomic mass is 9.96. The van der Waals surface area contributed by atoms with E-state index in [0.29, 0.717) is 5.52 Å². The summed E-state index contributed by atoms with van der Waals surface area (Å²) in [5.41, 5.74) is 2.24. The summed E-state index contributed by atoms with van der Waals surface area (Å²) >= 11 is 0. The van der Waals surface area contributed by atoms with Crippen molar-refractivity contribution in [3.8, 4) is 0 Å². The van der Waals surface area contributed by atoms with Crippen LogP contribution in [0, 0.1) is 0 Å². The first-order valence-electron chi connectivity index (χ1n) is 8.71. The molecule has 2 bridgehead atoms. The summed E-state index contributed by atoms with van der Waals surface area (Å²) in [7, 11) is 0. The van der Waals surface area contributed by atoms with Gasteiger partial charge in [-0.05, 0) is 38.8 Å². The smallest absolute Gasteiger partial charge is 0.362 e. The number of para-hydroxylation sites is 2. The number of esters is 1. The lowest BCUT2D eigenvalue weighted by Gasteiger charge is -2.32. The molecular formula is C19H21N3O3. The van der Waals surface area contributed by atoms with E-state index in [-0.39, 0.29) is 36.0 Å². The minimum atomic E-state index is -0.654. The summed E-state index contributed by atoms with van der Waals surface area (Å²) in [5, 5.41) is 3.55. The highest BCUT2D eigenvalue weighted by Gasteiger charge is 2.35. The fourth-order valence-electron chi connectivity index (χ4n) is 3.98. The van der Waals surface area contributed by atoms with Crippen molar-refractivity contribution in [2.75, 3.05) is 6.61 Å². The first kappa shape index (κ1) is 16.0. The van der Waals surface area contributed by atoms with Gasteiger partial charge < -0.3 is 14.6 Å². The number of hydrogen-bond acceptors (Lipinski definition) is 5. The summed E-state index contributed by atoms with van der Waals surface area (Å²) < 4.78 is 6.79. The second-order valence-corrected chi connectivity index (χ2v) is 6.71. The Morgan fingerprint density at radius 2 is 2.16 bits per heavy atom. The second kappa shape index (κ2) is 6.11. The number of nitrogens with one attached hydrogen (secondary N) is 1. The number of benzene rings is 1. The summed E-state index contributed by atoms with van der Waals surface area (Å²) in [6.07, 6.45) is 3.89. The van der Waals surface area contributed by atoms with Gasteiger partial charge in [-0.15, -0.1) is 0 Å². The molecular weight excluding hydrogens is 318 g/mol. The molecule has 1 aromatic heterocycles. The SMILES string of the molecule is CCOC(=O)c1nc2ccccc2n([C@@H]2C[C@H]3C=C(C)[C@H](C2)N3)c1=O. The Morgan fingerprint density at radius 3 is 2.92 bits per heavy atom. The largest absolute Gasteiger partial charge is 0.461 e. The van der Waals surface area contributed by atoms with E-state index in [1.165, 1.54) is 5.57 Å². The number of ether oxygens (including phenoxy) is 1. The lowest BCUT2D eigenvalue weighted by Crippen LogP contribution is -2.43. The Morgan fingerprint density at radius 1 is 1.36 bits per heavy atom. The van der Waals surface area contributed by atoms with Gasteiger partial charge in [0, 0.05) is 18.1 Å². The molecule has 6 nitrogen and oxygen atoms in total. The average molecular weight is 339 g/mol. The molecule has 2 aliphatic heterocycles. The van der Waals surface area contributed by atoms with Gasteiger partial charge in [0.1, 0.15) is 0 Å². The number of piperidine rings is 1. The van der Waals surface area contributed by atoms with Crippen LogP contribution < -0.4 is 10.9 Å². The van der Waals surface area contributed by atoms with Gasteiger partial charge in [-0.2, -0.15) is 0 Å². The summed E-state index contributed by atoms with van der Waals surface area (Å²) in [5.74, 6) is -0.654. The van der Waals surface area contributed by atoms with Crippen LogP contribution in [0.4, 0.5) is 0 Å². The minimum absolute atomic E-state index is 0.0264. The van der Waals surface area contributed by atoms with Gasteiger partial charge in [-0.25, -0.2) is 9.78 Å². The van der Waals surface area contributed by atoms with Crippen LogP contribution in [0.5, 0.6) is 0 Å². The third-order valence-electron chi connectivity index (χ3n) is 5.09. The van der Waals surface area contributed by atoms with E-state index in [2.05, 4.69) is 23.3 Å². The van der Waals surface area contributed by atoms with Crippen LogP contribution in [0.3, 0.4) is 0 Å². The van der Waals surface area contributed by atoms with Gasteiger partial charge in [-0.1, -0.05) is 23.8 Å². The molecule has 25 heavy (non-hydrogen) atoms. The van der Waals surface area contributed by atoms with E-state index in [1.54, 1.807) is 11.5 Å². The van der Waals surface area contributed by atoms with E-state index in [0.717, 1.165) is 18.4 Å². The number of carbonyl (C=O) groups excluding carboxylic acids is 1. The molecule has 1 fully saturated rings. The molecule has 0 aliphatic carbocycles. The molecule has 130 valence electrons. The van der Waals surface area contributed by atoms with Crippen molar-refractivity contribution < 1.29 is 9.53 Å². The normalized spacial score (nSPS) is 25.0. The maximum Gasteiger partial charge on any atom is 0.362 e. The van der Waals surface area contributed by atoms with Crippen molar-refractivity contribution in [3.05, 3.63) is 52.0 Å². The van der Waals surface area contributed by atoms with Crippen LogP contribution in [0.1, 0.15) is 43.2 Å². The molecule has 1 N–H and O–H groups in total. The highest BCUT2D eigenvalue weighted by atomic mass is 16.5. The van der Waals surface area contributed by atoms with Crippen LogP contribution in [0.2, 0.25) is 0 Å². The van der Waals surface area contributed by atoms with E-state index < -0.39 is 5.97 Å². The van der Waals surface area contributed by atoms with Gasteiger partial charge >= 0.3 is 5.97 Å². The molecule has 0 unspecified atom stereocenters. The summed E-state index contributed by atoms with van der Waals surface area (Å²) in [4.78, 5) is 29.6. The second-order valence-electron chi connectivity index (χ2n) is 6.71. The molecule has 0 spiro atoms. The zero-order valence-electron chi connectivity index (χ0n) is 14.4. The number of hydrogen-bond donors (Lipinski definition) is 1. The third kappa shape index (κ3) is 2.66. The van der Waals surface area contributed by atoms with Crippen molar-refractivity contribution in [1.82, 2.24) is 14.9 Å². The van der Waals surface area contributed by atoms with Crippen molar-refractivity contribution in [2.24, 2.45) is 0 Å². The van der Waals surface area contributed by atoms with E-state index >= 15 is 0 Å². The zero-order valence-corrected chi connectivity index (χ0v) is 14.4. The van der Waals surface area contributed by atoms with Crippen molar-refractivity contribution in [1.29, 1.82) is 0 Å². The minimum Gasteiger partial charge on any atom is -0.461 e. The Labute approximate surface area is 145 Å². The van der Waals surface area contributed by atoms with Crippen LogP contribution in [0.15, 0.2) is 40.7 Å². The van der Waals surface area contributed by atoms with E-state index in [9.17, 15) is 9.59 Å². The average Bonchev–Trinajstić information content (AvgIpc) is 2.86. The molecule has 1 aromatic carbocycles. The van der Waals surface area contributed by atoms with Gasteiger partial charge in [0.05, 0.1) is 17.6 Å². The van der Waals surface area contributed by atoms with Crippen LogP contribution in [-0.4, -0.2) is 34.2 Å². The Hall–Kier alpha value is -2.47. The number of fused-ring (bicyclic) bond motifs is 3. The Balaban J connectivity index is 1.86. The Kier molecular flexibility index (Phi) is 3.92. The molecule has 0 saturated carbocycles. The highest BCUT2D eigenvalue weighted by molar-refractivity contribution is 5.89. The first-order valence-corrected chi connectivity index (χ1v) is 8.71. The molecule has 3 heterocycles. The maximum absolute atomic E-state index is 13.1. The van der Waals surface area contributed by atoms with Crippen LogP contribution in [0.25, 0.3) is 11.0 Å². The fourth-order valence-corrected chi connectivity index (χ4v) is 3.98. The molecule has 3 atom stereocenters. The van der Waals surface area contributed by atoms with Crippen LogP contribution in [-0.2, 0) is 4.74 Å². The van der Waals surface area contributed by atoms with Crippen molar-refractivity contribution in [3.63, 3.8) is 0 Å². The number of aromatic nitrogens is 2. The number of rotatable bonds is 3. The summed E-state index contributed by atoms with van der Waals surface area (Å²) in [6, 6.07) is 8.05. The predicted molar refractivity (Wildman–Crippen MR) is 94.7 cm³/mol. The quantitative estimate of drug-likeness (QED) is 0.685. The molecule has 2 aromatic rings. The van der Waals surface area contributed by atoms with Gasteiger partial charge in [0.2, 0.25) is 5.69 Å². The molecule has 2 aliphatic rings. The van der Waals surface area contributed by atoms with Gasteiger partial charge in [0.25, 0.3) is 5.56 Å². The zero-order chi connectivity index (χ0) is 17.6. The van der Waals surface area contributed by atoms with E-state index in [4.69, 9.17) is 4.74 Å². The fraction of sp³-hybridized carbons (Fsp3) is 0.421. The Bertz CT molecular complexity index is 931. The highest BCUT2D eigenvalue weighted by Crippen LogP contribution is 2.34. The monoisotopic (exact) mass is 339 g/mol.